The van der Waals surface area contributed by atoms with Gasteiger partial charge in [0, 0.05) is 18.3 Å². The van der Waals surface area contributed by atoms with Crippen LogP contribution in [0.1, 0.15) is 26.3 Å². The molecule has 3 aromatic rings. The number of hydrogen-bond donors (Lipinski definition) is 1. The SMILES string of the molecule is COC(=O)c1ccc(C(=O)NCc2ccc(Oc3cccnc3)c(F)c2)cc1. The molecule has 1 amide bonds. The van der Waals surface area contributed by atoms with Gasteiger partial charge in [-0.15, -0.1) is 0 Å². The Morgan fingerprint density at radius 1 is 1.07 bits per heavy atom. The summed E-state index contributed by atoms with van der Waals surface area (Å²) in [6.07, 6.45) is 3.08. The second kappa shape index (κ2) is 8.77. The van der Waals surface area contributed by atoms with Crippen molar-refractivity contribution in [2.75, 3.05) is 7.11 Å². The van der Waals surface area contributed by atoms with Gasteiger partial charge < -0.3 is 14.8 Å². The Kier molecular flexibility index (Phi) is 5.96. The molecule has 0 unspecified atom stereocenters. The van der Waals surface area contributed by atoms with Crippen LogP contribution in [0.2, 0.25) is 0 Å². The first-order valence-corrected chi connectivity index (χ1v) is 8.39. The average molecular weight is 380 g/mol. The highest BCUT2D eigenvalue weighted by Crippen LogP contribution is 2.24. The fourth-order valence-corrected chi connectivity index (χ4v) is 2.43. The fraction of sp³-hybridized carbons (Fsp3) is 0.0952. The number of amides is 1. The molecule has 28 heavy (non-hydrogen) atoms. The van der Waals surface area contributed by atoms with Gasteiger partial charge in [0.15, 0.2) is 11.6 Å². The summed E-state index contributed by atoms with van der Waals surface area (Å²) < 4.78 is 24.3. The number of hydrogen-bond acceptors (Lipinski definition) is 5. The van der Waals surface area contributed by atoms with Crippen LogP contribution in [0.5, 0.6) is 11.5 Å². The number of nitrogens with one attached hydrogen (secondary N) is 1. The third-order valence-corrected chi connectivity index (χ3v) is 3.88. The number of rotatable bonds is 6. The van der Waals surface area contributed by atoms with Gasteiger partial charge in [0.1, 0.15) is 5.75 Å². The number of esters is 1. The summed E-state index contributed by atoms with van der Waals surface area (Å²) in [5, 5.41) is 2.70. The van der Waals surface area contributed by atoms with Gasteiger partial charge in [-0.25, -0.2) is 9.18 Å². The monoisotopic (exact) mass is 380 g/mol. The van der Waals surface area contributed by atoms with Crippen LogP contribution in [0.4, 0.5) is 4.39 Å². The predicted molar refractivity (Wildman–Crippen MR) is 99.7 cm³/mol. The summed E-state index contributed by atoms with van der Waals surface area (Å²) in [6, 6.07) is 13.9. The Hall–Kier alpha value is -3.74. The molecule has 0 aliphatic carbocycles. The number of carbonyl (C=O) groups is 2. The Morgan fingerprint density at radius 2 is 1.82 bits per heavy atom. The normalized spacial score (nSPS) is 10.2. The lowest BCUT2D eigenvalue weighted by atomic mass is 10.1. The number of ether oxygens (including phenoxy) is 2. The van der Waals surface area contributed by atoms with Crippen LogP contribution < -0.4 is 10.1 Å². The van der Waals surface area contributed by atoms with Gasteiger partial charge in [-0.3, -0.25) is 9.78 Å². The van der Waals surface area contributed by atoms with Crippen LogP contribution in [0.3, 0.4) is 0 Å². The summed E-state index contributed by atoms with van der Waals surface area (Å²) in [5.41, 5.74) is 1.31. The fourth-order valence-electron chi connectivity index (χ4n) is 2.43. The lowest BCUT2D eigenvalue weighted by molar-refractivity contribution is 0.0600. The van der Waals surface area contributed by atoms with Crippen molar-refractivity contribution in [3.8, 4) is 11.5 Å². The number of pyridine rings is 1. The molecule has 0 fully saturated rings. The summed E-state index contributed by atoms with van der Waals surface area (Å²) in [4.78, 5) is 27.5. The second-order valence-electron chi connectivity index (χ2n) is 5.81. The summed E-state index contributed by atoms with van der Waals surface area (Å²) in [6.45, 7) is 0.141. The molecule has 0 aliphatic heterocycles. The van der Waals surface area contributed by atoms with Crippen LogP contribution in [0.15, 0.2) is 67.0 Å². The van der Waals surface area contributed by atoms with E-state index in [-0.39, 0.29) is 18.2 Å². The van der Waals surface area contributed by atoms with E-state index in [1.807, 2.05) is 0 Å². The Morgan fingerprint density at radius 3 is 2.46 bits per heavy atom. The maximum absolute atomic E-state index is 14.2. The molecule has 0 aliphatic rings. The van der Waals surface area contributed by atoms with Gasteiger partial charge in [-0.1, -0.05) is 6.07 Å². The molecular weight excluding hydrogens is 363 g/mol. The third-order valence-electron chi connectivity index (χ3n) is 3.88. The van der Waals surface area contributed by atoms with Crippen LogP contribution >= 0.6 is 0 Å². The van der Waals surface area contributed by atoms with Gasteiger partial charge in [0.2, 0.25) is 0 Å². The van der Waals surface area contributed by atoms with E-state index < -0.39 is 11.8 Å². The van der Waals surface area contributed by atoms with E-state index in [2.05, 4.69) is 15.0 Å². The van der Waals surface area contributed by atoms with Crippen molar-refractivity contribution in [2.24, 2.45) is 0 Å². The van der Waals surface area contributed by atoms with E-state index in [0.717, 1.165) is 0 Å². The van der Waals surface area contributed by atoms with Crippen LogP contribution in [-0.2, 0) is 11.3 Å². The maximum Gasteiger partial charge on any atom is 0.337 e. The molecule has 2 aromatic carbocycles. The maximum atomic E-state index is 14.2. The minimum Gasteiger partial charge on any atom is -0.465 e. The number of carbonyl (C=O) groups excluding carboxylic acids is 2. The Labute approximate surface area is 160 Å². The molecule has 142 valence electrons. The van der Waals surface area contributed by atoms with Gasteiger partial charge in [-0.05, 0) is 54.1 Å². The number of benzene rings is 2. The largest absolute Gasteiger partial charge is 0.465 e. The van der Waals surface area contributed by atoms with Gasteiger partial charge in [0.25, 0.3) is 5.91 Å². The van der Waals surface area contributed by atoms with Crippen LogP contribution in [0.25, 0.3) is 0 Å². The van der Waals surface area contributed by atoms with E-state index >= 15 is 0 Å². The molecule has 0 bridgehead atoms. The smallest absolute Gasteiger partial charge is 0.337 e. The molecule has 0 spiro atoms. The van der Waals surface area contributed by atoms with Crippen LogP contribution in [0, 0.1) is 5.82 Å². The molecular formula is C21H17FN2O4. The number of methoxy groups -OCH3 is 1. The highest BCUT2D eigenvalue weighted by Gasteiger charge is 2.10. The summed E-state index contributed by atoms with van der Waals surface area (Å²) >= 11 is 0. The topological polar surface area (TPSA) is 77.5 Å². The van der Waals surface area contributed by atoms with E-state index in [1.165, 1.54) is 49.7 Å². The molecule has 0 saturated carbocycles. The molecule has 1 heterocycles. The van der Waals surface area contributed by atoms with E-state index in [9.17, 15) is 14.0 Å². The standard InChI is InChI=1S/C21H17FN2O4/c1-27-21(26)16-7-5-15(6-8-16)20(25)24-12-14-4-9-19(18(22)11-14)28-17-3-2-10-23-13-17/h2-11,13H,12H2,1H3,(H,24,25). The third kappa shape index (κ3) is 4.70. The van der Waals surface area contributed by atoms with Gasteiger partial charge in [0.05, 0.1) is 18.9 Å². The second-order valence-corrected chi connectivity index (χ2v) is 5.81. The van der Waals surface area contributed by atoms with Crippen molar-refractivity contribution in [3.05, 3.63) is 89.5 Å². The molecule has 0 radical (unpaired) electrons. The van der Waals surface area contributed by atoms with Crippen molar-refractivity contribution in [3.63, 3.8) is 0 Å². The highest BCUT2D eigenvalue weighted by molar-refractivity contribution is 5.96. The lowest BCUT2D eigenvalue weighted by Crippen LogP contribution is -2.22. The molecule has 7 heteroatoms. The molecule has 1 N–H and O–H groups in total. The molecule has 0 saturated heterocycles. The zero-order chi connectivity index (χ0) is 19.9. The van der Waals surface area contributed by atoms with Crippen molar-refractivity contribution in [1.82, 2.24) is 10.3 Å². The number of aromatic nitrogens is 1. The molecule has 6 nitrogen and oxygen atoms in total. The van der Waals surface area contributed by atoms with Crippen molar-refractivity contribution < 1.29 is 23.5 Å². The summed E-state index contributed by atoms with van der Waals surface area (Å²) in [5.74, 6) is -0.860. The average Bonchev–Trinajstić information content (AvgIpc) is 2.74. The van der Waals surface area contributed by atoms with E-state index in [4.69, 9.17) is 4.74 Å². The molecule has 3 rings (SSSR count). The van der Waals surface area contributed by atoms with Crippen molar-refractivity contribution >= 4 is 11.9 Å². The van der Waals surface area contributed by atoms with E-state index in [1.54, 1.807) is 24.4 Å². The summed E-state index contributed by atoms with van der Waals surface area (Å²) in [7, 11) is 1.29. The molecule has 0 atom stereocenters. The highest BCUT2D eigenvalue weighted by atomic mass is 19.1. The predicted octanol–water partition coefficient (Wildman–Crippen LogP) is 3.73. The number of halogens is 1. The van der Waals surface area contributed by atoms with E-state index in [0.29, 0.717) is 22.4 Å². The van der Waals surface area contributed by atoms with Crippen molar-refractivity contribution in [1.29, 1.82) is 0 Å². The number of nitrogens with zero attached hydrogens (tertiary/aromatic N) is 1. The minimum atomic E-state index is -0.543. The van der Waals surface area contributed by atoms with Crippen LogP contribution in [-0.4, -0.2) is 24.0 Å². The zero-order valence-electron chi connectivity index (χ0n) is 15.0. The van der Waals surface area contributed by atoms with Crippen molar-refractivity contribution in [2.45, 2.75) is 6.54 Å². The van der Waals surface area contributed by atoms with Gasteiger partial charge in [-0.2, -0.15) is 0 Å². The lowest BCUT2D eigenvalue weighted by Gasteiger charge is -2.09. The Bertz CT molecular complexity index is 975. The first-order valence-electron chi connectivity index (χ1n) is 8.39. The Balaban J connectivity index is 1.60. The van der Waals surface area contributed by atoms with Gasteiger partial charge >= 0.3 is 5.97 Å². The minimum absolute atomic E-state index is 0.0708. The zero-order valence-corrected chi connectivity index (χ0v) is 15.0. The first kappa shape index (κ1) is 19.0. The molecule has 1 aromatic heterocycles. The quantitative estimate of drug-likeness (QED) is 0.660. The first-order chi connectivity index (χ1) is 13.6.